The largest absolute Gasteiger partial charge is 0.372 e. The fourth-order valence-corrected chi connectivity index (χ4v) is 4.41. The lowest BCUT2D eigenvalue weighted by atomic mass is 10.1. The van der Waals surface area contributed by atoms with Gasteiger partial charge < -0.3 is 20.3 Å². The summed E-state index contributed by atoms with van der Waals surface area (Å²) in [7, 11) is 1.78. The molecule has 0 radical (unpaired) electrons. The molecule has 1 aromatic heterocycles. The topological polar surface area (TPSA) is 66.0 Å². The van der Waals surface area contributed by atoms with Crippen LogP contribution in [-0.2, 0) is 11.3 Å². The zero-order valence-corrected chi connectivity index (χ0v) is 19.0. The Labute approximate surface area is 183 Å². The van der Waals surface area contributed by atoms with E-state index >= 15 is 0 Å². The number of aliphatic imine (C=N–C) groups is 1. The molecule has 7 heteroatoms. The predicted octanol–water partition coefficient (Wildman–Crippen LogP) is 3.47. The predicted molar refractivity (Wildman–Crippen MR) is 123 cm³/mol. The molecule has 1 fully saturated rings. The molecule has 0 spiro atoms. The summed E-state index contributed by atoms with van der Waals surface area (Å²) in [6.45, 7) is 8.96. The second-order valence-electron chi connectivity index (χ2n) is 7.89. The van der Waals surface area contributed by atoms with Crippen molar-refractivity contribution < 1.29 is 9.53 Å². The summed E-state index contributed by atoms with van der Waals surface area (Å²) in [5, 5.41) is 8.83. The summed E-state index contributed by atoms with van der Waals surface area (Å²) < 4.78 is 5.72. The van der Waals surface area contributed by atoms with Gasteiger partial charge in [-0.05, 0) is 43.0 Å². The van der Waals surface area contributed by atoms with Crippen LogP contribution in [-0.4, -0.2) is 55.7 Å². The van der Waals surface area contributed by atoms with Crippen molar-refractivity contribution in [3.8, 4) is 0 Å². The second kappa shape index (κ2) is 10.6. The van der Waals surface area contributed by atoms with Gasteiger partial charge in [0.15, 0.2) is 5.96 Å². The van der Waals surface area contributed by atoms with Gasteiger partial charge in [0.1, 0.15) is 0 Å². The molecule has 1 amide bonds. The summed E-state index contributed by atoms with van der Waals surface area (Å²) in [5.74, 6) is 1.27. The number of benzene rings is 1. The average Bonchev–Trinajstić information content (AvgIpc) is 3.28. The van der Waals surface area contributed by atoms with Crippen molar-refractivity contribution in [1.29, 1.82) is 0 Å². The molecule has 3 unspecified atom stereocenters. The molecule has 162 valence electrons. The van der Waals surface area contributed by atoms with Crippen LogP contribution < -0.4 is 10.6 Å². The van der Waals surface area contributed by atoms with Crippen molar-refractivity contribution in [3.63, 3.8) is 0 Å². The van der Waals surface area contributed by atoms with Crippen LogP contribution in [0.2, 0.25) is 0 Å². The number of rotatable bonds is 6. The first-order chi connectivity index (χ1) is 14.5. The molecule has 0 aliphatic carbocycles. The summed E-state index contributed by atoms with van der Waals surface area (Å²) in [6.07, 6.45) is 0.144. The lowest BCUT2D eigenvalue weighted by Crippen LogP contribution is -2.48. The number of nitrogens with zero attached hydrogens (tertiary/aromatic N) is 2. The number of carbonyl (C=O) groups excluding carboxylic acids is 1. The van der Waals surface area contributed by atoms with Crippen LogP contribution >= 0.6 is 11.3 Å². The van der Waals surface area contributed by atoms with Gasteiger partial charge in [-0.15, -0.1) is 11.3 Å². The molecular formula is C23H32N4O2S. The molecule has 1 saturated heterocycles. The monoisotopic (exact) mass is 428 g/mol. The van der Waals surface area contributed by atoms with E-state index in [9.17, 15) is 4.79 Å². The number of hydrogen-bond acceptors (Lipinski definition) is 4. The van der Waals surface area contributed by atoms with Crippen LogP contribution in [0.3, 0.4) is 0 Å². The van der Waals surface area contributed by atoms with E-state index in [0.717, 1.165) is 18.1 Å². The third-order valence-corrected chi connectivity index (χ3v) is 6.30. The van der Waals surface area contributed by atoms with Gasteiger partial charge in [-0.2, -0.15) is 0 Å². The molecular weight excluding hydrogens is 396 g/mol. The number of morpholine rings is 1. The molecule has 2 heterocycles. The zero-order valence-electron chi connectivity index (χ0n) is 18.2. The molecule has 2 aromatic rings. The van der Waals surface area contributed by atoms with Gasteiger partial charge in [-0.1, -0.05) is 25.1 Å². The Bertz CT molecular complexity index is 825. The smallest absolute Gasteiger partial charge is 0.254 e. The quantitative estimate of drug-likeness (QED) is 0.546. The second-order valence-corrected chi connectivity index (χ2v) is 8.87. The SMILES string of the molecule is CN=C(NCc1ccc(C(=O)N2CC(C)OC(C)C2)cc1)NCC(C)c1cccs1. The van der Waals surface area contributed by atoms with Crippen molar-refractivity contribution in [2.24, 2.45) is 4.99 Å². The van der Waals surface area contributed by atoms with Crippen molar-refractivity contribution in [2.75, 3.05) is 26.7 Å². The third kappa shape index (κ3) is 6.06. The molecule has 3 rings (SSSR count). The number of hydrogen-bond donors (Lipinski definition) is 2. The lowest BCUT2D eigenvalue weighted by molar-refractivity contribution is -0.0586. The number of amides is 1. The Morgan fingerprint density at radius 3 is 2.50 bits per heavy atom. The minimum absolute atomic E-state index is 0.0663. The van der Waals surface area contributed by atoms with Gasteiger partial charge in [0.2, 0.25) is 0 Å². The van der Waals surface area contributed by atoms with E-state index in [1.54, 1.807) is 18.4 Å². The highest BCUT2D eigenvalue weighted by atomic mass is 32.1. The molecule has 2 N–H and O–H groups in total. The van der Waals surface area contributed by atoms with Crippen LogP contribution in [0, 0.1) is 0 Å². The first-order valence-corrected chi connectivity index (χ1v) is 11.4. The maximum atomic E-state index is 12.8. The molecule has 1 aliphatic rings. The summed E-state index contributed by atoms with van der Waals surface area (Å²) >= 11 is 1.78. The van der Waals surface area contributed by atoms with Gasteiger partial charge in [0, 0.05) is 49.6 Å². The standard InChI is InChI=1S/C23H32N4O2S/c1-16(21-6-5-11-30-21)12-25-23(24-4)26-13-19-7-9-20(10-8-19)22(28)27-14-17(2)29-18(3)15-27/h5-11,16-18H,12-15H2,1-4H3,(H2,24,25,26). The minimum atomic E-state index is 0.0663. The third-order valence-electron chi connectivity index (χ3n) is 5.20. The normalized spacial score (nSPS) is 20.7. The zero-order chi connectivity index (χ0) is 21.5. The number of carbonyl (C=O) groups is 1. The lowest BCUT2D eigenvalue weighted by Gasteiger charge is -2.35. The summed E-state index contributed by atoms with van der Waals surface area (Å²) in [6, 6.07) is 12.0. The first-order valence-electron chi connectivity index (χ1n) is 10.5. The number of ether oxygens (including phenoxy) is 1. The van der Waals surface area contributed by atoms with Crippen LogP contribution in [0.1, 0.15) is 47.5 Å². The average molecular weight is 429 g/mol. The number of guanidine groups is 1. The van der Waals surface area contributed by atoms with Crippen LogP contribution in [0.5, 0.6) is 0 Å². The highest BCUT2D eigenvalue weighted by molar-refractivity contribution is 7.10. The molecule has 0 bridgehead atoms. The fourth-order valence-electron chi connectivity index (χ4n) is 3.62. The summed E-state index contributed by atoms with van der Waals surface area (Å²) in [4.78, 5) is 20.3. The Kier molecular flexibility index (Phi) is 7.87. The van der Waals surface area contributed by atoms with E-state index < -0.39 is 0 Å². The van der Waals surface area contributed by atoms with Crippen molar-refractivity contribution in [2.45, 2.75) is 45.4 Å². The molecule has 0 saturated carbocycles. The Hall–Kier alpha value is -2.38. The van der Waals surface area contributed by atoms with E-state index in [-0.39, 0.29) is 18.1 Å². The van der Waals surface area contributed by atoms with E-state index in [2.05, 4.69) is 40.1 Å². The maximum Gasteiger partial charge on any atom is 0.254 e. The Morgan fingerprint density at radius 1 is 1.20 bits per heavy atom. The molecule has 30 heavy (non-hydrogen) atoms. The van der Waals surface area contributed by atoms with Gasteiger partial charge in [-0.3, -0.25) is 9.79 Å². The summed E-state index contributed by atoms with van der Waals surface area (Å²) in [5.41, 5.74) is 1.82. The van der Waals surface area contributed by atoms with Gasteiger partial charge in [0.05, 0.1) is 12.2 Å². The van der Waals surface area contributed by atoms with Gasteiger partial charge in [-0.25, -0.2) is 0 Å². The highest BCUT2D eigenvalue weighted by Gasteiger charge is 2.26. The van der Waals surface area contributed by atoms with Crippen LogP contribution in [0.25, 0.3) is 0 Å². The van der Waals surface area contributed by atoms with Crippen LogP contribution in [0.4, 0.5) is 0 Å². The fraction of sp³-hybridized carbons (Fsp3) is 0.478. The number of nitrogens with one attached hydrogen (secondary N) is 2. The van der Waals surface area contributed by atoms with Gasteiger partial charge in [0.25, 0.3) is 5.91 Å². The van der Waals surface area contributed by atoms with Crippen LogP contribution in [0.15, 0.2) is 46.8 Å². The molecule has 3 atom stereocenters. The van der Waals surface area contributed by atoms with Crippen molar-refractivity contribution >= 4 is 23.2 Å². The Morgan fingerprint density at radius 2 is 1.90 bits per heavy atom. The highest BCUT2D eigenvalue weighted by Crippen LogP contribution is 2.19. The maximum absolute atomic E-state index is 12.8. The molecule has 1 aliphatic heterocycles. The number of thiophene rings is 1. The Balaban J connectivity index is 1.49. The first kappa shape index (κ1) is 22.3. The van der Waals surface area contributed by atoms with Crippen molar-refractivity contribution in [3.05, 3.63) is 57.8 Å². The van der Waals surface area contributed by atoms with E-state index in [0.29, 0.717) is 31.1 Å². The van der Waals surface area contributed by atoms with Gasteiger partial charge >= 0.3 is 0 Å². The van der Waals surface area contributed by atoms with Crippen molar-refractivity contribution in [1.82, 2.24) is 15.5 Å². The molecule has 6 nitrogen and oxygen atoms in total. The minimum Gasteiger partial charge on any atom is -0.372 e. The van der Waals surface area contributed by atoms with E-state index in [1.807, 2.05) is 43.0 Å². The molecule has 1 aromatic carbocycles. The van der Waals surface area contributed by atoms with E-state index in [1.165, 1.54) is 4.88 Å². The van der Waals surface area contributed by atoms with E-state index in [4.69, 9.17) is 4.74 Å².